The quantitative estimate of drug-likeness (QED) is 0.883. The Balaban J connectivity index is 1.95. The minimum absolute atomic E-state index is 0.0234. The van der Waals surface area contributed by atoms with E-state index in [0.717, 1.165) is 17.6 Å². The molecule has 0 atom stereocenters. The van der Waals surface area contributed by atoms with Crippen molar-refractivity contribution >= 4 is 33.4 Å². The average molecular weight is 376 g/mol. The number of rotatable bonds is 3. The van der Waals surface area contributed by atoms with Gasteiger partial charge in [-0.2, -0.15) is 0 Å². The van der Waals surface area contributed by atoms with Gasteiger partial charge in [0.2, 0.25) is 0 Å². The molecule has 0 bridgehead atoms. The lowest BCUT2D eigenvalue weighted by atomic mass is 10.1. The number of hydrogen-bond donors (Lipinski definition) is 1. The highest BCUT2D eigenvalue weighted by atomic mass is 79.9. The summed E-state index contributed by atoms with van der Waals surface area (Å²) in [6, 6.07) is 5.23. The zero-order valence-corrected chi connectivity index (χ0v) is 14.6. The van der Waals surface area contributed by atoms with Gasteiger partial charge in [0.05, 0.1) is 10.6 Å². The highest BCUT2D eigenvalue weighted by Crippen LogP contribution is 2.24. The smallest absolute Gasteiger partial charge is 0.253 e. The van der Waals surface area contributed by atoms with E-state index >= 15 is 0 Å². The zero-order chi connectivity index (χ0) is 15.6. The van der Waals surface area contributed by atoms with Crippen LogP contribution in [0.2, 0.25) is 5.02 Å². The lowest BCUT2D eigenvalue weighted by molar-refractivity contribution is 0.0178. The van der Waals surface area contributed by atoms with E-state index in [1.165, 1.54) is 0 Å². The number of carbonyl (C=O) groups excluding carboxylic acids is 1. The summed E-state index contributed by atoms with van der Waals surface area (Å²) in [6.07, 6.45) is 0. The summed E-state index contributed by atoms with van der Waals surface area (Å²) in [4.78, 5) is 16.5. The van der Waals surface area contributed by atoms with Crippen molar-refractivity contribution < 1.29 is 9.90 Å². The van der Waals surface area contributed by atoms with Crippen molar-refractivity contribution in [1.82, 2.24) is 9.80 Å². The van der Waals surface area contributed by atoms with Crippen LogP contribution in [0.15, 0.2) is 22.7 Å². The Morgan fingerprint density at radius 3 is 2.48 bits per heavy atom. The Labute approximate surface area is 138 Å². The molecule has 116 valence electrons. The average Bonchev–Trinajstić information content (AvgIpc) is 2.40. The topological polar surface area (TPSA) is 43.8 Å². The van der Waals surface area contributed by atoms with Gasteiger partial charge in [0.15, 0.2) is 0 Å². The number of halogens is 2. The van der Waals surface area contributed by atoms with Gasteiger partial charge in [-0.3, -0.25) is 9.69 Å². The second-order valence-corrected chi connectivity index (χ2v) is 7.27. The number of carbonyl (C=O) groups is 1. The van der Waals surface area contributed by atoms with Crippen LogP contribution in [0.5, 0.6) is 0 Å². The zero-order valence-electron chi connectivity index (χ0n) is 12.3. The fourth-order valence-corrected chi connectivity index (χ4v) is 2.96. The first-order valence-corrected chi connectivity index (χ1v) is 8.12. The van der Waals surface area contributed by atoms with Gasteiger partial charge in [-0.15, -0.1) is 0 Å². The van der Waals surface area contributed by atoms with Crippen LogP contribution in [0.25, 0.3) is 0 Å². The molecule has 0 spiro atoms. The summed E-state index contributed by atoms with van der Waals surface area (Å²) in [6.45, 7) is 7.15. The van der Waals surface area contributed by atoms with Crippen LogP contribution < -0.4 is 0 Å². The second-order valence-electron chi connectivity index (χ2n) is 6.01. The number of aliphatic hydroxyl groups is 1. The Hall–Kier alpha value is -0.620. The van der Waals surface area contributed by atoms with Gasteiger partial charge >= 0.3 is 0 Å². The summed E-state index contributed by atoms with van der Waals surface area (Å²) in [5.74, 6) is 0.0234. The molecule has 1 aromatic carbocycles. The molecule has 6 heteroatoms. The molecule has 4 nitrogen and oxygen atoms in total. The van der Waals surface area contributed by atoms with Gasteiger partial charge in [-0.1, -0.05) is 11.6 Å². The molecule has 1 aliphatic rings. The number of benzene rings is 1. The van der Waals surface area contributed by atoms with Gasteiger partial charge in [0.1, 0.15) is 0 Å². The number of piperazine rings is 1. The first-order chi connectivity index (χ1) is 9.76. The van der Waals surface area contributed by atoms with Crippen molar-refractivity contribution in [2.45, 2.75) is 19.4 Å². The summed E-state index contributed by atoms with van der Waals surface area (Å²) in [5, 5.41) is 10.4. The molecule has 1 aromatic rings. The van der Waals surface area contributed by atoms with Crippen molar-refractivity contribution in [3.8, 4) is 0 Å². The van der Waals surface area contributed by atoms with Gasteiger partial charge < -0.3 is 10.0 Å². The number of β-amino-alcohol motifs (C(OH)–C–C–N with tert-alkyl or cyclic N) is 1. The molecular formula is C15H20BrClN2O2. The fourth-order valence-electron chi connectivity index (χ4n) is 2.47. The summed E-state index contributed by atoms with van der Waals surface area (Å²) in [7, 11) is 0. The summed E-state index contributed by atoms with van der Waals surface area (Å²) in [5.41, 5.74) is -0.0602. The van der Waals surface area contributed by atoms with Gasteiger partial charge in [-0.05, 0) is 48.0 Å². The molecule has 0 aromatic heterocycles. The normalized spacial score (nSPS) is 17.1. The Morgan fingerprint density at radius 1 is 1.33 bits per heavy atom. The molecule has 0 radical (unpaired) electrons. The number of hydrogen-bond acceptors (Lipinski definition) is 3. The van der Waals surface area contributed by atoms with E-state index in [1.54, 1.807) is 32.0 Å². The predicted octanol–water partition coefficient (Wildman–Crippen LogP) is 2.63. The first kappa shape index (κ1) is 16.7. The van der Waals surface area contributed by atoms with Gasteiger partial charge in [0.25, 0.3) is 5.91 Å². The van der Waals surface area contributed by atoms with Crippen LogP contribution in [-0.2, 0) is 0 Å². The molecule has 1 amide bonds. The van der Waals surface area contributed by atoms with E-state index in [1.807, 2.05) is 4.90 Å². The minimum Gasteiger partial charge on any atom is -0.389 e. The van der Waals surface area contributed by atoms with Crippen LogP contribution in [0.3, 0.4) is 0 Å². The lowest BCUT2D eigenvalue weighted by Gasteiger charge is -2.37. The number of amides is 1. The molecule has 1 N–H and O–H groups in total. The molecular weight excluding hydrogens is 356 g/mol. The van der Waals surface area contributed by atoms with Crippen molar-refractivity contribution in [1.29, 1.82) is 0 Å². The molecule has 1 saturated heterocycles. The van der Waals surface area contributed by atoms with E-state index in [2.05, 4.69) is 20.8 Å². The molecule has 0 unspecified atom stereocenters. The minimum atomic E-state index is -0.701. The maximum atomic E-state index is 12.4. The third-order valence-electron chi connectivity index (χ3n) is 3.44. The maximum absolute atomic E-state index is 12.4. The monoisotopic (exact) mass is 374 g/mol. The van der Waals surface area contributed by atoms with Crippen LogP contribution in [-0.4, -0.2) is 59.1 Å². The molecule has 1 fully saturated rings. The standard InChI is InChI=1S/C15H20BrClN2O2/c1-15(2,21)10-18-5-7-19(8-6-18)14(20)11-3-4-13(17)12(16)9-11/h3-4,9,21H,5-8,10H2,1-2H3. The third-order valence-corrected chi connectivity index (χ3v) is 4.65. The highest BCUT2D eigenvalue weighted by Gasteiger charge is 2.25. The van der Waals surface area contributed by atoms with Crippen LogP contribution in [0.4, 0.5) is 0 Å². The molecule has 21 heavy (non-hydrogen) atoms. The lowest BCUT2D eigenvalue weighted by Crippen LogP contribution is -2.52. The third kappa shape index (κ3) is 4.68. The van der Waals surface area contributed by atoms with E-state index < -0.39 is 5.60 Å². The molecule has 2 rings (SSSR count). The predicted molar refractivity (Wildman–Crippen MR) is 87.8 cm³/mol. The molecule has 1 aliphatic heterocycles. The van der Waals surface area contributed by atoms with Crippen LogP contribution in [0.1, 0.15) is 24.2 Å². The Kier molecular flexibility index (Phi) is 5.30. The molecule has 0 saturated carbocycles. The van der Waals surface area contributed by atoms with Gasteiger partial charge in [-0.25, -0.2) is 0 Å². The number of nitrogens with zero attached hydrogens (tertiary/aromatic N) is 2. The van der Waals surface area contributed by atoms with Crippen LogP contribution in [0, 0.1) is 0 Å². The SMILES string of the molecule is CC(C)(O)CN1CCN(C(=O)c2ccc(Cl)c(Br)c2)CC1. The van der Waals surface area contributed by atoms with Gasteiger partial charge in [0, 0.05) is 42.8 Å². The largest absolute Gasteiger partial charge is 0.389 e. The molecule has 0 aliphatic carbocycles. The van der Waals surface area contributed by atoms with Crippen molar-refractivity contribution in [3.63, 3.8) is 0 Å². The van der Waals surface area contributed by atoms with Crippen LogP contribution >= 0.6 is 27.5 Å². The first-order valence-electron chi connectivity index (χ1n) is 6.95. The van der Waals surface area contributed by atoms with E-state index in [4.69, 9.17) is 11.6 Å². The Morgan fingerprint density at radius 2 is 1.95 bits per heavy atom. The van der Waals surface area contributed by atoms with Crippen molar-refractivity contribution in [2.24, 2.45) is 0 Å². The fraction of sp³-hybridized carbons (Fsp3) is 0.533. The van der Waals surface area contributed by atoms with Crippen molar-refractivity contribution in [3.05, 3.63) is 33.3 Å². The molecule has 1 heterocycles. The van der Waals surface area contributed by atoms with Crippen molar-refractivity contribution in [2.75, 3.05) is 32.7 Å². The van der Waals surface area contributed by atoms with E-state index in [0.29, 0.717) is 30.2 Å². The van der Waals surface area contributed by atoms with E-state index in [-0.39, 0.29) is 5.91 Å². The second kappa shape index (κ2) is 6.65. The highest BCUT2D eigenvalue weighted by molar-refractivity contribution is 9.10. The summed E-state index contributed by atoms with van der Waals surface area (Å²) < 4.78 is 0.732. The maximum Gasteiger partial charge on any atom is 0.253 e. The van der Waals surface area contributed by atoms with E-state index in [9.17, 15) is 9.90 Å². The summed E-state index contributed by atoms with van der Waals surface area (Å²) >= 11 is 9.29. The Bertz CT molecular complexity index is 523.